The third kappa shape index (κ3) is 9.29. The molecule has 20 aromatic rings. The standard InChI is InChI=1S/C48H32N2.C46H30N2/c1-3-13-33(14-4-1)35-25-29-37(30-26-35)49-43-21-9-7-17-41(43)47-39(19-11-23-45(47)49)40-20-12-24-46-48(40)42-18-8-10-22-44(42)50(46)38-31-27-36(28-32-38)34-15-5-2-6-16-34;1-2-12-31(13-3-1)33-24-27-35(28-25-33)47-41-20-8-6-16-39(41)45-37(18-10-22-43(45)47)38-19-11-23-44-46(38)40-17-7-9-21-42(40)48(44)36-29-26-32-14-4-5-15-34(32)30-36/h1-32H;1-30H. The maximum Gasteiger partial charge on any atom is 0.0547 e. The zero-order chi connectivity index (χ0) is 64.6. The van der Waals surface area contributed by atoms with E-state index in [-0.39, 0.29) is 0 Å². The van der Waals surface area contributed by atoms with E-state index >= 15 is 0 Å². The van der Waals surface area contributed by atoms with Gasteiger partial charge in [-0.15, -0.1) is 0 Å². The average molecular weight is 1250 g/mol. The minimum atomic E-state index is 1.15. The van der Waals surface area contributed by atoms with Gasteiger partial charge in [-0.25, -0.2) is 0 Å². The average Bonchev–Trinajstić information content (AvgIpc) is 1.57. The third-order valence-electron chi connectivity index (χ3n) is 20.1. The maximum absolute atomic E-state index is 2.43. The van der Waals surface area contributed by atoms with Gasteiger partial charge in [0, 0.05) is 65.8 Å². The van der Waals surface area contributed by atoms with Crippen molar-refractivity contribution >= 4 is 98.0 Å². The molecule has 0 aliphatic rings. The van der Waals surface area contributed by atoms with Crippen LogP contribution in [0.2, 0.25) is 0 Å². The Kier molecular flexibility index (Phi) is 13.5. The lowest BCUT2D eigenvalue weighted by Gasteiger charge is -2.11. The van der Waals surface area contributed by atoms with E-state index in [4.69, 9.17) is 0 Å². The smallest absolute Gasteiger partial charge is 0.0547 e. The summed E-state index contributed by atoms with van der Waals surface area (Å²) in [6, 6.07) is 136. The minimum absolute atomic E-state index is 1.15. The van der Waals surface area contributed by atoms with Crippen LogP contribution in [-0.4, -0.2) is 18.3 Å². The number of hydrogen-bond donors (Lipinski definition) is 0. The zero-order valence-corrected chi connectivity index (χ0v) is 53.6. The van der Waals surface area contributed by atoms with Gasteiger partial charge in [-0.3, -0.25) is 0 Å². The first-order valence-corrected chi connectivity index (χ1v) is 33.7. The first-order chi connectivity index (χ1) is 48.7. The van der Waals surface area contributed by atoms with Gasteiger partial charge < -0.3 is 18.3 Å². The van der Waals surface area contributed by atoms with Crippen LogP contribution in [0.25, 0.3) is 176 Å². The summed E-state index contributed by atoms with van der Waals surface area (Å²) in [7, 11) is 0. The molecule has 0 unspecified atom stereocenters. The summed E-state index contributed by atoms with van der Waals surface area (Å²) >= 11 is 0. The van der Waals surface area contributed by atoms with E-state index in [1.54, 1.807) is 0 Å². The number of para-hydroxylation sites is 4. The fraction of sp³-hybridized carbons (Fsp3) is 0. The predicted octanol–water partition coefficient (Wildman–Crippen LogP) is 25.2. The molecule has 0 radical (unpaired) electrons. The molecule has 4 heteroatoms. The highest BCUT2D eigenvalue weighted by Gasteiger charge is 2.24. The van der Waals surface area contributed by atoms with Crippen LogP contribution in [0.3, 0.4) is 0 Å². The summed E-state index contributed by atoms with van der Waals surface area (Å²) in [5.41, 5.74) is 26.6. The molecule has 0 N–H and O–H groups in total. The Labute approximate surface area is 567 Å². The SMILES string of the molecule is c1ccc(-c2ccc(-n3c4ccccc4c4c(-c5cccc6c5c5ccccc5n6-c5ccc(-c6ccccc6)cc5)cccc43)cc2)cc1.c1ccc(-c2ccc(-n3c4ccccc4c4c(-c5cccc6c5c5ccccc5n6-c5ccc6ccccc6c5)cccc43)cc2)cc1. The van der Waals surface area contributed by atoms with E-state index in [2.05, 4.69) is 394 Å². The lowest BCUT2D eigenvalue weighted by molar-refractivity contribution is 1.18. The fourth-order valence-electron chi connectivity index (χ4n) is 15.7. The van der Waals surface area contributed by atoms with Crippen molar-refractivity contribution in [2.45, 2.75) is 0 Å². The van der Waals surface area contributed by atoms with Crippen molar-refractivity contribution in [3.63, 3.8) is 0 Å². The Balaban J connectivity index is 0.000000137. The third-order valence-corrected chi connectivity index (χ3v) is 20.1. The summed E-state index contributed by atoms with van der Waals surface area (Å²) < 4.78 is 9.68. The molecule has 16 aromatic carbocycles. The number of aromatic nitrogens is 4. The van der Waals surface area contributed by atoms with Crippen molar-refractivity contribution < 1.29 is 0 Å². The molecule has 4 aromatic heterocycles. The quantitative estimate of drug-likeness (QED) is 0.137. The van der Waals surface area contributed by atoms with E-state index in [1.165, 1.54) is 159 Å². The van der Waals surface area contributed by atoms with Gasteiger partial charge in [0.15, 0.2) is 0 Å². The molecule has 0 bridgehead atoms. The Hall–Kier alpha value is -13.0. The van der Waals surface area contributed by atoms with Crippen LogP contribution in [0, 0.1) is 0 Å². The molecular formula is C94H62N4. The van der Waals surface area contributed by atoms with Crippen LogP contribution in [0.15, 0.2) is 376 Å². The number of benzene rings is 16. The highest BCUT2D eigenvalue weighted by atomic mass is 15.0. The normalized spacial score (nSPS) is 11.7. The Bertz CT molecular complexity index is 6230. The van der Waals surface area contributed by atoms with Gasteiger partial charge in [0.1, 0.15) is 0 Å². The second-order valence-electron chi connectivity index (χ2n) is 25.5. The van der Waals surface area contributed by atoms with Crippen molar-refractivity contribution in [2.24, 2.45) is 0 Å². The fourth-order valence-corrected chi connectivity index (χ4v) is 15.7. The molecule has 98 heavy (non-hydrogen) atoms. The van der Waals surface area contributed by atoms with Gasteiger partial charge in [0.2, 0.25) is 0 Å². The van der Waals surface area contributed by atoms with Crippen LogP contribution < -0.4 is 0 Å². The molecule has 0 saturated carbocycles. The van der Waals surface area contributed by atoms with Crippen molar-refractivity contribution in [2.75, 3.05) is 0 Å². The van der Waals surface area contributed by atoms with Crippen LogP contribution in [0.4, 0.5) is 0 Å². The number of rotatable bonds is 9. The summed E-state index contributed by atoms with van der Waals surface area (Å²) in [5.74, 6) is 0. The molecule has 0 atom stereocenters. The summed E-state index contributed by atoms with van der Waals surface area (Å²) in [5, 5.41) is 12.6. The molecule has 0 fully saturated rings. The van der Waals surface area contributed by atoms with Gasteiger partial charge in [-0.2, -0.15) is 0 Å². The van der Waals surface area contributed by atoms with Crippen LogP contribution in [0.5, 0.6) is 0 Å². The van der Waals surface area contributed by atoms with E-state index in [9.17, 15) is 0 Å². The Morgan fingerprint density at radius 3 is 0.694 bits per heavy atom. The number of nitrogens with zero attached hydrogens (tertiary/aromatic N) is 4. The molecule has 0 amide bonds. The van der Waals surface area contributed by atoms with Crippen LogP contribution in [0.1, 0.15) is 0 Å². The zero-order valence-electron chi connectivity index (χ0n) is 53.6. The monoisotopic (exact) mass is 1250 g/mol. The van der Waals surface area contributed by atoms with E-state index in [0.717, 1.165) is 17.1 Å². The molecule has 0 aliphatic heterocycles. The van der Waals surface area contributed by atoms with Crippen molar-refractivity contribution in [1.82, 2.24) is 18.3 Å². The van der Waals surface area contributed by atoms with Gasteiger partial charge in [-0.05, 0) is 163 Å². The Morgan fingerprint density at radius 1 is 0.143 bits per heavy atom. The van der Waals surface area contributed by atoms with Crippen LogP contribution in [-0.2, 0) is 0 Å². The molecule has 0 spiro atoms. The molecule has 4 heterocycles. The lowest BCUT2D eigenvalue weighted by atomic mass is 9.95. The Morgan fingerprint density at radius 2 is 0.378 bits per heavy atom. The number of hydrogen-bond acceptors (Lipinski definition) is 0. The second-order valence-corrected chi connectivity index (χ2v) is 25.5. The summed E-state index contributed by atoms with van der Waals surface area (Å²) in [4.78, 5) is 0. The summed E-state index contributed by atoms with van der Waals surface area (Å²) in [6.07, 6.45) is 0. The lowest BCUT2D eigenvalue weighted by Crippen LogP contribution is -1.94. The first-order valence-electron chi connectivity index (χ1n) is 33.7. The summed E-state index contributed by atoms with van der Waals surface area (Å²) in [6.45, 7) is 0. The van der Waals surface area contributed by atoms with E-state index in [1.807, 2.05) is 0 Å². The molecule has 0 aliphatic carbocycles. The van der Waals surface area contributed by atoms with E-state index in [0.29, 0.717) is 0 Å². The van der Waals surface area contributed by atoms with Crippen molar-refractivity contribution in [3.05, 3.63) is 376 Å². The van der Waals surface area contributed by atoms with Gasteiger partial charge in [0.05, 0.1) is 44.1 Å². The highest BCUT2D eigenvalue weighted by molar-refractivity contribution is 6.24. The van der Waals surface area contributed by atoms with Gasteiger partial charge >= 0.3 is 0 Å². The predicted molar refractivity (Wildman–Crippen MR) is 415 cm³/mol. The topological polar surface area (TPSA) is 19.7 Å². The molecule has 0 saturated heterocycles. The molecule has 20 rings (SSSR count). The molecular weight excluding hydrogens is 1190 g/mol. The van der Waals surface area contributed by atoms with Gasteiger partial charge in [-0.1, -0.05) is 279 Å². The second kappa shape index (κ2) is 23.5. The van der Waals surface area contributed by atoms with Crippen molar-refractivity contribution in [1.29, 1.82) is 0 Å². The minimum Gasteiger partial charge on any atom is -0.309 e. The molecule has 458 valence electrons. The van der Waals surface area contributed by atoms with Crippen LogP contribution >= 0.6 is 0 Å². The largest absolute Gasteiger partial charge is 0.309 e. The number of fused-ring (bicyclic) bond motifs is 13. The first kappa shape index (κ1) is 56.5. The highest BCUT2D eigenvalue weighted by Crippen LogP contribution is 2.47. The molecule has 4 nitrogen and oxygen atoms in total. The van der Waals surface area contributed by atoms with Gasteiger partial charge in [0.25, 0.3) is 0 Å². The van der Waals surface area contributed by atoms with Crippen molar-refractivity contribution in [3.8, 4) is 78.4 Å². The van der Waals surface area contributed by atoms with E-state index < -0.39 is 0 Å². The maximum atomic E-state index is 2.43.